The second-order valence-electron chi connectivity index (χ2n) is 1.87. The summed E-state index contributed by atoms with van der Waals surface area (Å²) in [6, 6.07) is 1.44. The number of methoxy groups -OCH3 is 1. The Labute approximate surface area is 67.6 Å². The Kier molecular flexibility index (Phi) is 2.42. The second kappa shape index (κ2) is 3.51. The van der Waals surface area contributed by atoms with Crippen molar-refractivity contribution in [1.29, 1.82) is 0 Å². The highest BCUT2D eigenvalue weighted by molar-refractivity contribution is 5.41. The number of nitrogens with zero attached hydrogens (tertiary/aromatic N) is 2. The van der Waals surface area contributed by atoms with Crippen LogP contribution in [0.5, 0.6) is 5.88 Å². The van der Waals surface area contributed by atoms with Crippen LogP contribution in [-0.2, 0) is 0 Å². The highest BCUT2D eigenvalue weighted by Gasteiger charge is 2.00. The summed E-state index contributed by atoms with van der Waals surface area (Å²) in [5, 5.41) is 13.3. The first kappa shape index (κ1) is 8.25. The topological polar surface area (TPSA) is 78.4 Å². The lowest BCUT2D eigenvalue weighted by molar-refractivity contribution is -0.401. The molecule has 1 heterocycles. The molecule has 0 aliphatic rings. The molecule has 0 aliphatic heterocycles. The molecular weight excluding hydrogens is 164 g/mol. The monoisotopic (exact) mass is 170 g/mol. The van der Waals surface area contributed by atoms with Crippen molar-refractivity contribution in [3.8, 4) is 5.88 Å². The fourth-order valence-electron chi connectivity index (χ4n) is 0.581. The zero-order chi connectivity index (χ0) is 8.97. The summed E-state index contributed by atoms with van der Waals surface area (Å²) < 4.78 is 9.33. The lowest BCUT2D eigenvalue weighted by Crippen LogP contribution is -1.81. The molecule has 0 unspecified atom stereocenters. The molecule has 0 amide bonds. The van der Waals surface area contributed by atoms with Crippen molar-refractivity contribution in [3.05, 3.63) is 28.1 Å². The third kappa shape index (κ3) is 2.08. The third-order valence-electron chi connectivity index (χ3n) is 1.08. The lowest BCUT2D eigenvalue weighted by atomic mass is 10.4. The van der Waals surface area contributed by atoms with Gasteiger partial charge in [0.15, 0.2) is 5.76 Å². The SMILES string of the molecule is COc1cc(/C=C/[N+](=O)[O-])on1. The molecule has 1 aromatic heterocycles. The van der Waals surface area contributed by atoms with E-state index in [2.05, 4.69) is 9.68 Å². The first-order chi connectivity index (χ1) is 5.72. The number of rotatable bonds is 3. The minimum absolute atomic E-state index is 0.281. The van der Waals surface area contributed by atoms with E-state index in [-0.39, 0.29) is 11.6 Å². The fourth-order valence-corrected chi connectivity index (χ4v) is 0.581. The van der Waals surface area contributed by atoms with Gasteiger partial charge in [-0.2, -0.15) is 0 Å². The van der Waals surface area contributed by atoms with E-state index >= 15 is 0 Å². The number of aromatic nitrogens is 1. The van der Waals surface area contributed by atoms with Crippen molar-refractivity contribution in [2.75, 3.05) is 7.11 Å². The van der Waals surface area contributed by atoms with Crippen molar-refractivity contribution < 1.29 is 14.2 Å². The van der Waals surface area contributed by atoms with E-state index < -0.39 is 4.92 Å². The van der Waals surface area contributed by atoms with Crippen molar-refractivity contribution in [2.24, 2.45) is 0 Å². The highest BCUT2D eigenvalue weighted by atomic mass is 16.6. The number of hydrogen-bond acceptors (Lipinski definition) is 5. The first-order valence-corrected chi connectivity index (χ1v) is 3.05. The Balaban J connectivity index is 2.70. The molecule has 0 saturated carbocycles. The van der Waals surface area contributed by atoms with Gasteiger partial charge in [-0.3, -0.25) is 10.1 Å². The number of nitro groups is 1. The molecule has 6 nitrogen and oxygen atoms in total. The van der Waals surface area contributed by atoms with E-state index in [1.807, 2.05) is 0 Å². The minimum atomic E-state index is -0.588. The Morgan fingerprint density at radius 1 is 1.83 bits per heavy atom. The molecule has 1 rings (SSSR count). The zero-order valence-corrected chi connectivity index (χ0v) is 6.26. The molecule has 1 aromatic rings. The van der Waals surface area contributed by atoms with Gasteiger partial charge in [-0.1, -0.05) is 0 Å². The summed E-state index contributed by atoms with van der Waals surface area (Å²) in [6.07, 6.45) is 1.95. The quantitative estimate of drug-likeness (QED) is 0.498. The Bertz CT molecular complexity index is 304. The van der Waals surface area contributed by atoms with E-state index in [0.29, 0.717) is 0 Å². The average molecular weight is 170 g/mol. The van der Waals surface area contributed by atoms with Gasteiger partial charge in [0.2, 0.25) is 6.20 Å². The molecule has 0 aliphatic carbocycles. The van der Waals surface area contributed by atoms with Crippen LogP contribution in [0, 0.1) is 10.1 Å². The number of hydrogen-bond donors (Lipinski definition) is 0. The van der Waals surface area contributed by atoms with E-state index in [1.165, 1.54) is 19.3 Å². The molecule has 0 fully saturated rings. The maximum atomic E-state index is 9.87. The van der Waals surface area contributed by atoms with Crippen LogP contribution in [0.3, 0.4) is 0 Å². The van der Waals surface area contributed by atoms with Crippen molar-refractivity contribution >= 4 is 6.08 Å². The van der Waals surface area contributed by atoms with Crippen molar-refractivity contribution in [1.82, 2.24) is 5.16 Å². The van der Waals surface area contributed by atoms with Crippen LogP contribution >= 0.6 is 0 Å². The summed E-state index contributed by atoms with van der Waals surface area (Å²) in [7, 11) is 1.43. The molecule has 64 valence electrons. The fraction of sp³-hybridized carbons (Fsp3) is 0.167. The molecule has 0 aromatic carbocycles. The van der Waals surface area contributed by atoms with Gasteiger partial charge >= 0.3 is 0 Å². The maximum absolute atomic E-state index is 9.87. The van der Waals surface area contributed by atoms with Gasteiger partial charge in [-0.15, -0.1) is 0 Å². The van der Waals surface area contributed by atoms with Gasteiger partial charge in [0.05, 0.1) is 18.1 Å². The van der Waals surface area contributed by atoms with Gasteiger partial charge in [0, 0.05) is 6.07 Å². The van der Waals surface area contributed by atoms with Crippen LogP contribution in [0.4, 0.5) is 0 Å². The van der Waals surface area contributed by atoms with Gasteiger partial charge in [0.25, 0.3) is 5.88 Å². The van der Waals surface area contributed by atoms with Crippen LogP contribution < -0.4 is 4.74 Å². The van der Waals surface area contributed by atoms with Crippen LogP contribution in [0.1, 0.15) is 5.76 Å². The predicted molar refractivity (Wildman–Crippen MR) is 39.1 cm³/mol. The smallest absolute Gasteiger partial charge is 0.254 e. The summed E-state index contributed by atoms with van der Waals surface area (Å²) in [6.45, 7) is 0. The van der Waals surface area contributed by atoms with E-state index in [4.69, 9.17) is 4.74 Å². The second-order valence-corrected chi connectivity index (χ2v) is 1.87. The van der Waals surface area contributed by atoms with Crippen molar-refractivity contribution in [2.45, 2.75) is 0 Å². The molecule has 0 saturated heterocycles. The minimum Gasteiger partial charge on any atom is -0.479 e. The Morgan fingerprint density at radius 3 is 3.08 bits per heavy atom. The van der Waals surface area contributed by atoms with Gasteiger partial charge < -0.3 is 9.26 Å². The molecule has 12 heavy (non-hydrogen) atoms. The average Bonchev–Trinajstić information content (AvgIpc) is 2.48. The molecule has 6 heteroatoms. The van der Waals surface area contributed by atoms with E-state index in [1.54, 1.807) is 0 Å². The summed E-state index contributed by atoms with van der Waals surface area (Å²) in [5.41, 5.74) is 0. The molecule has 0 N–H and O–H groups in total. The largest absolute Gasteiger partial charge is 0.479 e. The Hall–Kier alpha value is -1.85. The van der Waals surface area contributed by atoms with Crippen LogP contribution in [-0.4, -0.2) is 17.2 Å². The van der Waals surface area contributed by atoms with Crippen LogP contribution in [0.15, 0.2) is 16.8 Å². The molecule has 0 spiro atoms. The van der Waals surface area contributed by atoms with E-state index in [9.17, 15) is 10.1 Å². The number of ether oxygens (including phenoxy) is 1. The van der Waals surface area contributed by atoms with Gasteiger partial charge in [-0.25, -0.2) is 0 Å². The predicted octanol–water partition coefficient (Wildman–Crippen LogP) is 0.931. The third-order valence-corrected chi connectivity index (χ3v) is 1.08. The summed E-state index contributed by atoms with van der Waals surface area (Å²) in [5.74, 6) is 0.571. The molecule has 0 atom stereocenters. The Morgan fingerprint density at radius 2 is 2.58 bits per heavy atom. The normalized spacial score (nSPS) is 10.4. The van der Waals surface area contributed by atoms with E-state index in [0.717, 1.165) is 6.20 Å². The highest BCUT2D eigenvalue weighted by Crippen LogP contribution is 2.11. The van der Waals surface area contributed by atoms with Gasteiger partial charge in [-0.05, 0) is 5.16 Å². The zero-order valence-electron chi connectivity index (χ0n) is 6.26. The van der Waals surface area contributed by atoms with Crippen LogP contribution in [0.25, 0.3) is 6.08 Å². The molecule has 0 bridgehead atoms. The maximum Gasteiger partial charge on any atom is 0.254 e. The summed E-state index contributed by atoms with van der Waals surface area (Å²) >= 11 is 0. The standard InChI is InChI=1S/C6H6N2O4/c1-11-6-4-5(12-7-6)2-3-8(9)10/h2-4H,1H3/b3-2+. The lowest BCUT2D eigenvalue weighted by Gasteiger charge is -1.83. The van der Waals surface area contributed by atoms with Crippen molar-refractivity contribution in [3.63, 3.8) is 0 Å². The van der Waals surface area contributed by atoms with Crippen LogP contribution in [0.2, 0.25) is 0 Å². The summed E-state index contributed by atoms with van der Waals surface area (Å²) in [4.78, 5) is 9.29. The first-order valence-electron chi connectivity index (χ1n) is 3.05. The molecular formula is C6H6N2O4. The molecule has 0 radical (unpaired) electrons. The van der Waals surface area contributed by atoms with Gasteiger partial charge in [0.1, 0.15) is 0 Å².